The van der Waals surface area contributed by atoms with E-state index in [1.807, 2.05) is 45.0 Å². The molecule has 2 aromatic rings. The molecule has 0 saturated carbocycles. The molecule has 0 aliphatic heterocycles. The summed E-state index contributed by atoms with van der Waals surface area (Å²) >= 11 is 0. The largest absolute Gasteiger partial charge is 0.417 e. The molecule has 0 fully saturated rings. The van der Waals surface area contributed by atoms with Gasteiger partial charge in [-0.25, -0.2) is 4.21 Å². The van der Waals surface area contributed by atoms with Crippen molar-refractivity contribution in [1.82, 2.24) is 4.98 Å². The summed E-state index contributed by atoms with van der Waals surface area (Å²) in [5.41, 5.74) is 1.47. The zero-order valence-electron chi connectivity index (χ0n) is 17.3. The van der Waals surface area contributed by atoms with Crippen LogP contribution in [0.4, 0.5) is 13.2 Å². The van der Waals surface area contributed by atoms with Crippen molar-refractivity contribution in [2.24, 2.45) is 10.3 Å². The number of hydrogen-bond acceptors (Lipinski definition) is 2. The van der Waals surface area contributed by atoms with Gasteiger partial charge in [0.2, 0.25) is 0 Å². The van der Waals surface area contributed by atoms with Crippen molar-refractivity contribution in [3.8, 4) is 11.3 Å². The van der Waals surface area contributed by atoms with E-state index in [0.717, 1.165) is 29.8 Å². The molecule has 0 amide bonds. The standard InChI is InChI=1S/C22H27F3N2OS/c1-15(2)12-18(13-27-29(28)21(3,4)5)16-6-8-17(9-7-16)20-11-10-19(14-26-20)22(23,24)25/h6-11,13-15,18H,12H2,1-5H3/b27-13+/t18-,29+/m1/s1. The predicted molar refractivity (Wildman–Crippen MR) is 113 cm³/mol. The van der Waals surface area contributed by atoms with Crippen molar-refractivity contribution >= 4 is 17.2 Å². The molecular formula is C22H27F3N2OS. The molecule has 2 rings (SSSR count). The smallest absolute Gasteiger partial charge is 0.256 e. The predicted octanol–water partition coefficient (Wildman–Crippen LogP) is 6.43. The van der Waals surface area contributed by atoms with E-state index < -0.39 is 27.5 Å². The Morgan fingerprint density at radius 1 is 1.07 bits per heavy atom. The van der Waals surface area contributed by atoms with Gasteiger partial charge in [-0.05, 0) is 50.8 Å². The Labute approximate surface area is 173 Å². The number of pyridine rings is 1. The van der Waals surface area contributed by atoms with Gasteiger partial charge in [-0.2, -0.15) is 17.6 Å². The fourth-order valence-corrected chi connectivity index (χ4v) is 3.28. The van der Waals surface area contributed by atoms with Gasteiger partial charge in [0.25, 0.3) is 0 Å². The first-order chi connectivity index (χ1) is 13.4. The second-order valence-electron chi connectivity index (χ2n) is 8.40. The van der Waals surface area contributed by atoms with E-state index >= 15 is 0 Å². The minimum Gasteiger partial charge on any atom is -0.256 e. The Balaban J connectivity index is 2.24. The van der Waals surface area contributed by atoms with Crippen LogP contribution in [0.25, 0.3) is 11.3 Å². The summed E-state index contributed by atoms with van der Waals surface area (Å²) < 4.78 is 54.2. The van der Waals surface area contributed by atoms with Crippen molar-refractivity contribution in [2.45, 2.75) is 57.9 Å². The van der Waals surface area contributed by atoms with Gasteiger partial charge in [0, 0.05) is 23.9 Å². The zero-order valence-corrected chi connectivity index (χ0v) is 18.1. The second kappa shape index (κ2) is 9.20. The summed E-state index contributed by atoms with van der Waals surface area (Å²) in [5.74, 6) is 0.432. The van der Waals surface area contributed by atoms with Crippen LogP contribution >= 0.6 is 0 Å². The van der Waals surface area contributed by atoms with E-state index in [9.17, 15) is 17.4 Å². The van der Waals surface area contributed by atoms with Crippen molar-refractivity contribution in [2.75, 3.05) is 0 Å². The average Bonchev–Trinajstić information content (AvgIpc) is 2.63. The third-order valence-corrected chi connectivity index (χ3v) is 5.67. The van der Waals surface area contributed by atoms with Crippen molar-refractivity contribution < 1.29 is 17.4 Å². The first kappa shape index (κ1) is 23.3. The molecule has 0 aliphatic rings. The number of halogens is 3. The van der Waals surface area contributed by atoms with Crippen LogP contribution in [0.15, 0.2) is 47.0 Å². The highest BCUT2D eigenvalue weighted by molar-refractivity contribution is 7.85. The molecule has 2 atom stereocenters. The summed E-state index contributed by atoms with van der Waals surface area (Å²) in [6.07, 6.45) is -0.944. The maximum atomic E-state index is 12.7. The minimum atomic E-state index is -4.40. The van der Waals surface area contributed by atoms with Gasteiger partial charge in [-0.1, -0.05) is 38.1 Å². The van der Waals surface area contributed by atoms with Gasteiger partial charge in [0.1, 0.15) is 11.0 Å². The van der Waals surface area contributed by atoms with Gasteiger partial charge >= 0.3 is 6.18 Å². The number of rotatable bonds is 6. The Hall–Kier alpha value is -2.02. The van der Waals surface area contributed by atoms with Crippen LogP contribution in [0, 0.1) is 5.92 Å². The lowest BCUT2D eigenvalue weighted by Crippen LogP contribution is -2.20. The molecule has 0 radical (unpaired) electrons. The molecule has 0 spiro atoms. The molecule has 0 saturated heterocycles. The molecule has 1 heterocycles. The van der Waals surface area contributed by atoms with E-state index in [-0.39, 0.29) is 5.92 Å². The van der Waals surface area contributed by atoms with Crippen molar-refractivity contribution in [1.29, 1.82) is 0 Å². The molecule has 1 aromatic heterocycles. The molecule has 0 N–H and O–H groups in total. The van der Waals surface area contributed by atoms with Crippen LogP contribution in [-0.4, -0.2) is 20.2 Å². The van der Waals surface area contributed by atoms with Crippen molar-refractivity contribution in [3.05, 3.63) is 53.7 Å². The lowest BCUT2D eigenvalue weighted by molar-refractivity contribution is -0.137. The Bertz CT molecular complexity index is 852. The van der Waals surface area contributed by atoms with Crippen LogP contribution in [0.3, 0.4) is 0 Å². The van der Waals surface area contributed by atoms with E-state index in [0.29, 0.717) is 11.6 Å². The van der Waals surface area contributed by atoms with Crippen LogP contribution in [0.2, 0.25) is 0 Å². The highest BCUT2D eigenvalue weighted by Crippen LogP contribution is 2.30. The number of nitrogens with zero attached hydrogens (tertiary/aromatic N) is 2. The van der Waals surface area contributed by atoms with Gasteiger partial charge in [-0.3, -0.25) is 4.98 Å². The summed E-state index contributed by atoms with van der Waals surface area (Å²) in [6, 6.07) is 9.94. The molecule has 158 valence electrons. The molecule has 1 aromatic carbocycles. The van der Waals surface area contributed by atoms with Gasteiger partial charge < -0.3 is 0 Å². The van der Waals surface area contributed by atoms with Crippen molar-refractivity contribution in [3.63, 3.8) is 0 Å². The number of aromatic nitrogens is 1. The molecule has 3 nitrogen and oxygen atoms in total. The van der Waals surface area contributed by atoms with Crippen LogP contribution in [0.5, 0.6) is 0 Å². The quantitative estimate of drug-likeness (QED) is 0.502. The van der Waals surface area contributed by atoms with Gasteiger partial charge in [0.05, 0.1) is 16.0 Å². The minimum absolute atomic E-state index is 0.0101. The molecular weight excluding hydrogens is 397 g/mol. The summed E-state index contributed by atoms with van der Waals surface area (Å²) in [7, 11) is -1.32. The molecule has 29 heavy (non-hydrogen) atoms. The normalized spacial score (nSPS) is 15.1. The monoisotopic (exact) mass is 424 g/mol. The topological polar surface area (TPSA) is 42.3 Å². The third kappa shape index (κ3) is 6.77. The zero-order chi connectivity index (χ0) is 21.8. The molecule has 0 aliphatic carbocycles. The van der Waals surface area contributed by atoms with Gasteiger partial charge in [0.15, 0.2) is 0 Å². The maximum absolute atomic E-state index is 12.7. The van der Waals surface area contributed by atoms with E-state index in [4.69, 9.17) is 0 Å². The first-order valence-corrected chi connectivity index (χ1v) is 10.6. The van der Waals surface area contributed by atoms with Crippen LogP contribution in [-0.2, 0) is 17.2 Å². The lowest BCUT2D eigenvalue weighted by atomic mass is 9.90. The number of benzene rings is 1. The Morgan fingerprint density at radius 2 is 1.69 bits per heavy atom. The lowest BCUT2D eigenvalue weighted by Gasteiger charge is -2.17. The van der Waals surface area contributed by atoms with Gasteiger partial charge in [-0.15, -0.1) is 0 Å². The summed E-state index contributed by atoms with van der Waals surface area (Å²) in [5, 5.41) is 0. The SMILES string of the molecule is CC(C)C[C@H](/C=N/[S@@](=O)C(C)(C)C)c1ccc(-c2ccc(C(F)(F)F)cn2)cc1. The molecule has 0 bridgehead atoms. The number of hydrogen-bond donors (Lipinski definition) is 0. The van der Waals surface area contributed by atoms with E-state index in [1.165, 1.54) is 6.07 Å². The first-order valence-electron chi connectivity index (χ1n) is 9.47. The average molecular weight is 425 g/mol. The van der Waals surface area contributed by atoms with E-state index in [1.54, 1.807) is 6.21 Å². The third-order valence-electron chi connectivity index (χ3n) is 4.31. The molecule has 0 unspecified atom stereocenters. The highest BCUT2D eigenvalue weighted by atomic mass is 32.2. The highest BCUT2D eigenvalue weighted by Gasteiger charge is 2.30. The fraction of sp³-hybridized carbons (Fsp3) is 0.455. The maximum Gasteiger partial charge on any atom is 0.417 e. The molecule has 7 heteroatoms. The second-order valence-corrected chi connectivity index (χ2v) is 10.3. The number of alkyl halides is 3. The summed E-state index contributed by atoms with van der Waals surface area (Å²) in [6.45, 7) is 9.86. The fourth-order valence-electron chi connectivity index (χ4n) is 2.71. The van der Waals surface area contributed by atoms with Crippen LogP contribution in [0.1, 0.15) is 58.1 Å². The Morgan fingerprint density at radius 3 is 2.14 bits per heavy atom. The van der Waals surface area contributed by atoms with E-state index in [2.05, 4.69) is 23.2 Å². The Kier molecular flexibility index (Phi) is 7.38. The summed E-state index contributed by atoms with van der Waals surface area (Å²) in [4.78, 5) is 3.94. The van der Waals surface area contributed by atoms with Crippen LogP contribution < -0.4 is 0 Å².